The highest BCUT2D eigenvalue weighted by Crippen LogP contribution is 2.15. The maximum atomic E-state index is 5.09. The van der Waals surface area contributed by atoms with Crippen molar-refractivity contribution in [2.45, 2.75) is 26.8 Å². The number of aromatic nitrogens is 1. The van der Waals surface area contributed by atoms with Crippen LogP contribution in [-0.2, 0) is 0 Å². The molecular formula is C9H15N3S2. The van der Waals surface area contributed by atoms with E-state index in [2.05, 4.69) is 27.9 Å². The lowest BCUT2D eigenvalue weighted by molar-refractivity contribution is 0.683. The fourth-order valence-corrected chi connectivity index (χ4v) is 2.09. The van der Waals surface area contributed by atoms with Gasteiger partial charge in [0, 0.05) is 11.9 Å². The number of hydrogen-bond donors (Lipinski definition) is 2. The molecule has 0 saturated carbocycles. The molecule has 78 valence electrons. The van der Waals surface area contributed by atoms with Crippen LogP contribution in [0.5, 0.6) is 0 Å². The molecular weight excluding hydrogens is 214 g/mol. The van der Waals surface area contributed by atoms with Crippen LogP contribution < -0.4 is 10.6 Å². The quantitative estimate of drug-likeness (QED) is 0.777. The number of hydrogen-bond acceptors (Lipinski definition) is 3. The summed E-state index contributed by atoms with van der Waals surface area (Å²) in [4.78, 5) is 4.39. The zero-order valence-corrected chi connectivity index (χ0v) is 10.3. The first-order valence-corrected chi connectivity index (χ1v) is 5.88. The molecule has 0 aromatic carbocycles. The minimum atomic E-state index is 0.173. The molecule has 0 aliphatic carbocycles. The minimum absolute atomic E-state index is 0.173. The van der Waals surface area contributed by atoms with Crippen LogP contribution in [0.3, 0.4) is 0 Å². The SMILES string of the molecule is CCNC(=S)NC(C)c1csc(C)n1. The molecule has 1 atom stereocenters. The zero-order valence-electron chi connectivity index (χ0n) is 8.63. The van der Waals surface area contributed by atoms with Crippen molar-refractivity contribution >= 4 is 28.7 Å². The van der Waals surface area contributed by atoms with Gasteiger partial charge in [-0.3, -0.25) is 0 Å². The van der Waals surface area contributed by atoms with Crippen molar-refractivity contribution in [2.24, 2.45) is 0 Å². The zero-order chi connectivity index (χ0) is 10.6. The summed E-state index contributed by atoms with van der Waals surface area (Å²) in [6, 6.07) is 0.173. The van der Waals surface area contributed by atoms with Gasteiger partial charge in [-0.2, -0.15) is 0 Å². The number of aryl methyl sites for hydroxylation is 1. The minimum Gasteiger partial charge on any atom is -0.363 e. The van der Waals surface area contributed by atoms with Crippen molar-refractivity contribution in [2.75, 3.05) is 6.54 Å². The summed E-state index contributed by atoms with van der Waals surface area (Å²) in [5.74, 6) is 0. The van der Waals surface area contributed by atoms with E-state index in [9.17, 15) is 0 Å². The summed E-state index contributed by atoms with van der Waals surface area (Å²) in [5, 5.41) is 10.1. The molecule has 0 saturated heterocycles. The maximum Gasteiger partial charge on any atom is 0.166 e. The molecule has 0 aliphatic heterocycles. The normalized spacial score (nSPS) is 12.2. The smallest absolute Gasteiger partial charge is 0.166 e. The van der Waals surface area contributed by atoms with Crippen molar-refractivity contribution in [1.29, 1.82) is 0 Å². The molecule has 5 heteroatoms. The van der Waals surface area contributed by atoms with Gasteiger partial charge in [0.2, 0.25) is 0 Å². The molecule has 0 radical (unpaired) electrons. The van der Waals surface area contributed by atoms with Crippen LogP contribution >= 0.6 is 23.6 Å². The first kappa shape index (κ1) is 11.4. The molecule has 0 fully saturated rings. The van der Waals surface area contributed by atoms with Gasteiger partial charge in [0.05, 0.1) is 16.7 Å². The van der Waals surface area contributed by atoms with Crippen LogP contribution in [0.2, 0.25) is 0 Å². The van der Waals surface area contributed by atoms with Crippen molar-refractivity contribution < 1.29 is 0 Å². The fraction of sp³-hybridized carbons (Fsp3) is 0.556. The Balaban J connectivity index is 2.50. The van der Waals surface area contributed by atoms with Crippen molar-refractivity contribution in [3.05, 3.63) is 16.1 Å². The van der Waals surface area contributed by atoms with E-state index in [1.165, 1.54) is 0 Å². The fourth-order valence-electron chi connectivity index (χ4n) is 1.06. The van der Waals surface area contributed by atoms with Gasteiger partial charge < -0.3 is 10.6 Å². The summed E-state index contributed by atoms with van der Waals surface area (Å²) >= 11 is 6.75. The van der Waals surface area contributed by atoms with Gasteiger partial charge in [0.1, 0.15) is 0 Å². The molecule has 0 bridgehead atoms. The summed E-state index contributed by atoms with van der Waals surface area (Å²) in [7, 11) is 0. The Hall–Kier alpha value is -0.680. The lowest BCUT2D eigenvalue weighted by Crippen LogP contribution is -2.36. The highest BCUT2D eigenvalue weighted by Gasteiger charge is 2.08. The van der Waals surface area contributed by atoms with E-state index < -0.39 is 0 Å². The predicted molar refractivity (Wildman–Crippen MR) is 64.7 cm³/mol. The average molecular weight is 229 g/mol. The summed E-state index contributed by atoms with van der Waals surface area (Å²) in [6.07, 6.45) is 0. The Kier molecular flexibility index (Phi) is 4.28. The molecule has 0 amide bonds. The Bertz CT molecular complexity index is 309. The van der Waals surface area contributed by atoms with Gasteiger partial charge in [0.15, 0.2) is 5.11 Å². The number of thiocarbonyl (C=S) groups is 1. The largest absolute Gasteiger partial charge is 0.363 e. The predicted octanol–water partition coefficient (Wildman–Crippen LogP) is 2.00. The van der Waals surface area contributed by atoms with E-state index in [4.69, 9.17) is 12.2 Å². The Morgan fingerprint density at radius 2 is 2.43 bits per heavy atom. The number of nitrogens with one attached hydrogen (secondary N) is 2. The van der Waals surface area contributed by atoms with Crippen molar-refractivity contribution in [3.63, 3.8) is 0 Å². The van der Waals surface area contributed by atoms with E-state index in [1.807, 2.05) is 13.8 Å². The Morgan fingerprint density at radius 1 is 1.71 bits per heavy atom. The van der Waals surface area contributed by atoms with Gasteiger partial charge in [-0.25, -0.2) is 4.98 Å². The molecule has 0 aliphatic rings. The molecule has 1 heterocycles. The van der Waals surface area contributed by atoms with Crippen LogP contribution in [0.15, 0.2) is 5.38 Å². The van der Waals surface area contributed by atoms with Crippen LogP contribution in [0, 0.1) is 6.92 Å². The summed E-state index contributed by atoms with van der Waals surface area (Å²) in [5.41, 5.74) is 1.05. The Morgan fingerprint density at radius 3 is 2.93 bits per heavy atom. The van der Waals surface area contributed by atoms with Gasteiger partial charge in [-0.15, -0.1) is 11.3 Å². The molecule has 0 spiro atoms. The second-order valence-corrected chi connectivity index (χ2v) is 4.49. The summed E-state index contributed by atoms with van der Waals surface area (Å²) < 4.78 is 0. The lowest BCUT2D eigenvalue weighted by Gasteiger charge is -2.14. The van der Waals surface area contributed by atoms with Gasteiger partial charge in [-0.1, -0.05) is 0 Å². The first-order chi connectivity index (χ1) is 6.63. The number of rotatable bonds is 3. The van der Waals surface area contributed by atoms with Gasteiger partial charge in [-0.05, 0) is 33.0 Å². The highest BCUT2D eigenvalue weighted by molar-refractivity contribution is 7.80. The Labute approximate surface area is 93.9 Å². The van der Waals surface area contributed by atoms with Crippen molar-refractivity contribution in [3.8, 4) is 0 Å². The second-order valence-electron chi connectivity index (χ2n) is 3.02. The molecule has 1 aromatic heterocycles. The second kappa shape index (κ2) is 5.26. The monoisotopic (exact) mass is 229 g/mol. The van der Waals surface area contributed by atoms with Gasteiger partial charge in [0.25, 0.3) is 0 Å². The molecule has 1 unspecified atom stereocenters. The summed E-state index contributed by atoms with van der Waals surface area (Å²) in [6.45, 7) is 6.92. The first-order valence-electron chi connectivity index (χ1n) is 4.60. The maximum absolute atomic E-state index is 5.09. The van der Waals surface area contributed by atoms with Crippen molar-refractivity contribution in [1.82, 2.24) is 15.6 Å². The molecule has 2 N–H and O–H groups in total. The van der Waals surface area contributed by atoms with Crippen LogP contribution in [0.4, 0.5) is 0 Å². The van der Waals surface area contributed by atoms with Gasteiger partial charge >= 0.3 is 0 Å². The average Bonchev–Trinajstić information content (AvgIpc) is 2.52. The van der Waals surface area contributed by atoms with E-state index in [0.717, 1.165) is 17.2 Å². The van der Waals surface area contributed by atoms with E-state index in [0.29, 0.717) is 5.11 Å². The third-order valence-electron chi connectivity index (χ3n) is 1.77. The van der Waals surface area contributed by atoms with Crippen LogP contribution in [0.25, 0.3) is 0 Å². The molecule has 3 nitrogen and oxygen atoms in total. The highest BCUT2D eigenvalue weighted by atomic mass is 32.1. The van der Waals surface area contributed by atoms with Crippen LogP contribution in [-0.4, -0.2) is 16.6 Å². The number of nitrogens with zero attached hydrogens (tertiary/aromatic N) is 1. The third kappa shape index (κ3) is 3.23. The lowest BCUT2D eigenvalue weighted by atomic mass is 10.3. The van der Waals surface area contributed by atoms with E-state index in [-0.39, 0.29) is 6.04 Å². The van der Waals surface area contributed by atoms with E-state index >= 15 is 0 Å². The topological polar surface area (TPSA) is 37.0 Å². The number of thiazole rings is 1. The molecule has 1 aromatic rings. The molecule has 14 heavy (non-hydrogen) atoms. The molecule has 1 rings (SSSR count). The van der Waals surface area contributed by atoms with E-state index in [1.54, 1.807) is 11.3 Å². The standard InChI is InChI=1S/C9H15N3S2/c1-4-10-9(13)11-6(2)8-5-14-7(3)12-8/h5-6H,4H2,1-3H3,(H2,10,11,13). The van der Waals surface area contributed by atoms with Crippen LogP contribution in [0.1, 0.15) is 30.6 Å². The third-order valence-corrected chi connectivity index (χ3v) is 2.82.